The first kappa shape index (κ1) is 19.3. The van der Waals surface area contributed by atoms with Gasteiger partial charge in [0.05, 0.1) is 17.0 Å². The van der Waals surface area contributed by atoms with Gasteiger partial charge in [-0.3, -0.25) is 9.59 Å². The van der Waals surface area contributed by atoms with Gasteiger partial charge in [0.2, 0.25) is 0 Å². The second-order valence-corrected chi connectivity index (χ2v) is 7.96. The SMILES string of the molecule is Cc1ccc(C(=O)CNC(=O)c2ccccc2-c2cc(C(F)(F)F)cs2)s1. The lowest BCUT2D eigenvalue weighted by atomic mass is 10.0. The molecule has 0 unspecified atom stereocenters. The summed E-state index contributed by atoms with van der Waals surface area (Å²) in [5.74, 6) is -0.719. The Hall–Kier alpha value is -2.45. The summed E-state index contributed by atoms with van der Waals surface area (Å²) < 4.78 is 38.5. The van der Waals surface area contributed by atoms with Crippen LogP contribution in [-0.4, -0.2) is 18.2 Å². The predicted octanol–water partition coefficient (Wildman–Crippen LogP) is 5.42. The molecule has 0 fully saturated rings. The fourth-order valence-electron chi connectivity index (χ4n) is 2.45. The van der Waals surface area contributed by atoms with Crippen LogP contribution in [0.15, 0.2) is 47.8 Å². The largest absolute Gasteiger partial charge is 0.417 e. The summed E-state index contributed by atoms with van der Waals surface area (Å²) in [7, 11) is 0. The normalized spacial score (nSPS) is 11.4. The number of amides is 1. The van der Waals surface area contributed by atoms with Gasteiger partial charge in [-0.05, 0) is 31.2 Å². The molecular formula is C19H14F3NO2S2. The third-order valence-electron chi connectivity index (χ3n) is 3.79. The van der Waals surface area contributed by atoms with E-state index in [1.165, 1.54) is 17.4 Å². The highest BCUT2D eigenvalue weighted by molar-refractivity contribution is 7.14. The predicted molar refractivity (Wildman–Crippen MR) is 100 cm³/mol. The van der Waals surface area contributed by atoms with Crippen LogP contribution in [0, 0.1) is 6.92 Å². The van der Waals surface area contributed by atoms with Gasteiger partial charge >= 0.3 is 6.18 Å². The molecule has 3 rings (SSSR count). The molecule has 3 aromatic rings. The molecule has 0 aliphatic rings. The molecule has 1 amide bonds. The molecule has 8 heteroatoms. The van der Waals surface area contributed by atoms with Crippen molar-refractivity contribution in [1.29, 1.82) is 0 Å². The number of alkyl halides is 3. The maximum absolute atomic E-state index is 12.8. The van der Waals surface area contributed by atoms with Crippen molar-refractivity contribution in [2.24, 2.45) is 0 Å². The van der Waals surface area contributed by atoms with Crippen molar-refractivity contribution in [3.63, 3.8) is 0 Å². The Balaban J connectivity index is 1.78. The summed E-state index contributed by atoms with van der Waals surface area (Å²) in [6, 6.07) is 10.9. The van der Waals surface area contributed by atoms with Crippen molar-refractivity contribution in [3.05, 3.63) is 68.7 Å². The number of Topliss-reactive ketones (excluding diaryl/α,β-unsaturated/α-hetero) is 1. The number of hydrogen-bond acceptors (Lipinski definition) is 4. The molecule has 0 radical (unpaired) electrons. The van der Waals surface area contributed by atoms with Crippen LogP contribution in [0.4, 0.5) is 13.2 Å². The molecular weight excluding hydrogens is 395 g/mol. The Kier molecular flexibility index (Phi) is 5.48. The van der Waals surface area contributed by atoms with E-state index in [0.717, 1.165) is 27.7 Å². The summed E-state index contributed by atoms with van der Waals surface area (Å²) in [4.78, 5) is 26.5. The molecule has 2 heterocycles. The van der Waals surface area contributed by atoms with Gasteiger partial charge in [-0.2, -0.15) is 13.2 Å². The highest BCUT2D eigenvalue weighted by atomic mass is 32.1. The molecule has 0 saturated carbocycles. The molecule has 0 atom stereocenters. The Morgan fingerprint density at radius 2 is 1.85 bits per heavy atom. The van der Waals surface area contributed by atoms with E-state index in [1.807, 2.05) is 13.0 Å². The maximum Gasteiger partial charge on any atom is 0.417 e. The topological polar surface area (TPSA) is 46.2 Å². The molecule has 0 aliphatic heterocycles. The zero-order valence-corrected chi connectivity index (χ0v) is 15.7. The zero-order chi connectivity index (χ0) is 19.6. The first-order valence-corrected chi connectivity index (χ1v) is 9.58. The van der Waals surface area contributed by atoms with Crippen LogP contribution >= 0.6 is 22.7 Å². The summed E-state index contributed by atoms with van der Waals surface area (Å²) in [6.07, 6.45) is -4.43. The van der Waals surface area contributed by atoms with Crippen LogP contribution in [-0.2, 0) is 6.18 Å². The number of ketones is 1. The van der Waals surface area contributed by atoms with E-state index < -0.39 is 17.6 Å². The summed E-state index contributed by atoms with van der Waals surface area (Å²) in [5.41, 5.74) is -0.126. The smallest absolute Gasteiger partial charge is 0.345 e. The lowest BCUT2D eigenvalue weighted by Gasteiger charge is -2.08. The summed E-state index contributed by atoms with van der Waals surface area (Å²) in [6.45, 7) is 1.71. The number of carbonyl (C=O) groups excluding carboxylic acids is 2. The fourth-order valence-corrected chi connectivity index (χ4v) is 4.21. The number of carbonyl (C=O) groups is 2. The van der Waals surface area contributed by atoms with Gasteiger partial charge < -0.3 is 5.32 Å². The van der Waals surface area contributed by atoms with E-state index in [4.69, 9.17) is 0 Å². The molecule has 2 aromatic heterocycles. The number of hydrogen-bond donors (Lipinski definition) is 1. The molecule has 0 spiro atoms. The maximum atomic E-state index is 12.8. The van der Waals surface area contributed by atoms with Crippen LogP contribution in [0.5, 0.6) is 0 Å². The standard InChI is InChI=1S/C19H14F3NO2S2/c1-11-6-7-16(27-11)15(24)9-23-18(25)14-5-3-2-4-13(14)17-8-12(10-26-17)19(20,21)22/h2-8,10H,9H2,1H3,(H,23,25). The van der Waals surface area contributed by atoms with Crippen molar-refractivity contribution < 1.29 is 22.8 Å². The molecule has 1 N–H and O–H groups in total. The second kappa shape index (κ2) is 7.66. The molecule has 0 aliphatic carbocycles. The number of aryl methyl sites for hydroxylation is 1. The Labute approximate surface area is 161 Å². The number of halogens is 3. The van der Waals surface area contributed by atoms with Gasteiger partial charge in [-0.25, -0.2) is 0 Å². The third-order valence-corrected chi connectivity index (χ3v) is 5.79. The second-order valence-electron chi connectivity index (χ2n) is 5.76. The van der Waals surface area contributed by atoms with Crippen molar-refractivity contribution in [2.75, 3.05) is 6.54 Å². The number of nitrogens with one attached hydrogen (secondary N) is 1. The number of benzene rings is 1. The van der Waals surface area contributed by atoms with E-state index >= 15 is 0 Å². The molecule has 0 saturated heterocycles. The highest BCUT2D eigenvalue weighted by Gasteiger charge is 2.32. The van der Waals surface area contributed by atoms with Crippen LogP contribution in [0.25, 0.3) is 10.4 Å². The lowest BCUT2D eigenvalue weighted by Crippen LogP contribution is -2.29. The van der Waals surface area contributed by atoms with E-state index in [1.54, 1.807) is 24.3 Å². The average molecular weight is 409 g/mol. The Bertz CT molecular complexity index is 989. The first-order chi connectivity index (χ1) is 12.8. The van der Waals surface area contributed by atoms with E-state index in [9.17, 15) is 22.8 Å². The minimum atomic E-state index is -4.43. The van der Waals surface area contributed by atoms with Crippen LogP contribution in [0.3, 0.4) is 0 Å². The molecule has 1 aromatic carbocycles. The van der Waals surface area contributed by atoms with Gasteiger partial charge in [0.15, 0.2) is 5.78 Å². The van der Waals surface area contributed by atoms with Gasteiger partial charge in [0.25, 0.3) is 5.91 Å². The summed E-state index contributed by atoms with van der Waals surface area (Å²) >= 11 is 2.26. The van der Waals surface area contributed by atoms with E-state index in [0.29, 0.717) is 15.3 Å². The van der Waals surface area contributed by atoms with Crippen molar-refractivity contribution in [1.82, 2.24) is 5.32 Å². The van der Waals surface area contributed by atoms with Gasteiger partial charge in [0, 0.05) is 26.3 Å². The number of thiophene rings is 2. The van der Waals surface area contributed by atoms with Crippen LogP contribution in [0.2, 0.25) is 0 Å². The minimum Gasteiger partial charge on any atom is -0.345 e. The lowest BCUT2D eigenvalue weighted by molar-refractivity contribution is -0.137. The van der Waals surface area contributed by atoms with Gasteiger partial charge in [-0.1, -0.05) is 18.2 Å². The Morgan fingerprint density at radius 1 is 1.11 bits per heavy atom. The monoisotopic (exact) mass is 409 g/mol. The molecule has 27 heavy (non-hydrogen) atoms. The zero-order valence-electron chi connectivity index (χ0n) is 14.1. The minimum absolute atomic E-state index is 0.175. The van der Waals surface area contributed by atoms with E-state index in [2.05, 4.69) is 5.32 Å². The number of rotatable bonds is 5. The quantitative estimate of drug-likeness (QED) is 0.572. The highest BCUT2D eigenvalue weighted by Crippen LogP contribution is 2.37. The molecule has 140 valence electrons. The van der Waals surface area contributed by atoms with E-state index in [-0.39, 0.29) is 17.9 Å². The summed E-state index contributed by atoms with van der Waals surface area (Å²) in [5, 5.41) is 3.57. The average Bonchev–Trinajstić information content (AvgIpc) is 3.28. The van der Waals surface area contributed by atoms with Crippen molar-refractivity contribution in [3.8, 4) is 10.4 Å². The molecule has 3 nitrogen and oxygen atoms in total. The molecule has 0 bridgehead atoms. The van der Waals surface area contributed by atoms with Gasteiger partial charge in [0.1, 0.15) is 0 Å². The third kappa shape index (κ3) is 4.45. The van der Waals surface area contributed by atoms with Gasteiger partial charge in [-0.15, -0.1) is 22.7 Å². The van der Waals surface area contributed by atoms with Crippen molar-refractivity contribution >= 4 is 34.4 Å². The van der Waals surface area contributed by atoms with Crippen molar-refractivity contribution in [2.45, 2.75) is 13.1 Å². The van der Waals surface area contributed by atoms with Crippen LogP contribution < -0.4 is 5.32 Å². The Morgan fingerprint density at radius 3 is 2.48 bits per heavy atom. The first-order valence-electron chi connectivity index (χ1n) is 7.88. The fraction of sp³-hybridized carbons (Fsp3) is 0.158. The van der Waals surface area contributed by atoms with Crippen LogP contribution in [0.1, 0.15) is 30.5 Å².